The maximum Gasteiger partial charge on any atom is 0.339 e. The minimum Gasteiger partial charge on any atom is -0.478 e. The van der Waals surface area contributed by atoms with E-state index in [0.717, 1.165) is 11.2 Å². The van der Waals surface area contributed by atoms with E-state index >= 15 is 0 Å². The fourth-order valence-corrected chi connectivity index (χ4v) is 1.83. The summed E-state index contributed by atoms with van der Waals surface area (Å²) in [5.74, 6) is -1.89. The van der Waals surface area contributed by atoms with Crippen molar-refractivity contribution in [3.63, 3.8) is 0 Å². The molecule has 0 unspecified atom stereocenters. The minimum atomic E-state index is -1.15. The van der Waals surface area contributed by atoms with Gasteiger partial charge in [-0.1, -0.05) is 24.3 Å². The van der Waals surface area contributed by atoms with Gasteiger partial charge in [-0.15, -0.1) is 0 Å². The summed E-state index contributed by atoms with van der Waals surface area (Å²) in [6.45, 7) is -0.0997. The number of carboxylic acid groups (broad SMARTS) is 1. The van der Waals surface area contributed by atoms with Crippen molar-refractivity contribution in [2.24, 2.45) is 0 Å². The molecule has 1 aromatic heterocycles. The summed E-state index contributed by atoms with van der Waals surface area (Å²) in [4.78, 5) is 36.0. The quantitative estimate of drug-likeness (QED) is 0.849. The number of aromatic carboxylic acids is 1. The average Bonchev–Trinajstić information content (AvgIpc) is 2.88. The highest BCUT2D eigenvalue weighted by Crippen LogP contribution is 2.16. The van der Waals surface area contributed by atoms with Crippen LogP contribution in [0.3, 0.4) is 0 Å². The fraction of sp³-hybridized carbons (Fsp3) is 0.214. The van der Waals surface area contributed by atoms with Crippen LogP contribution in [0.15, 0.2) is 41.2 Å². The normalized spacial score (nSPS) is 19.1. The molecule has 0 aromatic carbocycles. The number of hydrogen-bond acceptors (Lipinski definition) is 4. The van der Waals surface area contributed by atoms with Crippen LogP contribution < -0.4 is 0 Å². The molecule has 104 valence electrons. The summed E-state index contributed by atoms with van der Waals surface area (Å²) in [7, 11) is 0. The fourth-order valence-electron chi connectivity index (χ4n) is 1.83. The van der Waals surface area contributed by atoms with E-state index in [1.165, 1.54) is 6.26 Å². The Kier molecular flexibility index (Phi) is 4.14. The Balaban J connectivity index is 2.24. The van der Waals surface area contributed by atoms with E-state index in [0.29, 0.717) is 5.56 Å². The molecule has 0 fully saturated rings. The molecule has 1 N–H and O–H groups in total. The van der Waals surface area contributed by atoms with Crippen LogP contribution in [-0.4, -0.2) is 27.8 Å². The first kappa shape index (κ1) is 13.8. The van der Waals surface area contributed by atoms with E-state index in [2.05, 4.69) is 0 Å². The third kappa shape index (κ3) is 3.03. The first-order chi connectivity index (χ1) is 9.59. The van der Waals surface area contributed by atoms with Gasteiger partial charge in [0.2, 0.25) is 11.8 Å². The molecule has 20 heavy (non-hydrogen) atoms. The molecular weight excluding hydrogens is 262 g/mol. The molecule has 6 heteroatoms. The van der Waals surface area contributed by atoms with Gasteiger partial charge >= 0.3 is 5.97 Å². The summed E-state index contributed by atoms with van der Waals surface area (Å²) >= 11 is 0. The highest BCUT2D eigenvalue weighted by atomic mass is 16.4. The number of carbonyl (C=O) groups excluding carboxylic acids is 2. The van der Waals surface area contributed by atoms with E-state index in [-0.39, 0.29) is 36.8 Å². The number of furan rings is 1. The maximum absolute atomic E-state index is 12.0. The zero-order valence-corrected chi connectivity index (χ0v) is 10.6. The van der Waals surface area contributed by atoms with Crippen molar-refractivity contribution < 1.29 is 23.9 Å². The Morgan fingerprint density at radius 1 is 1.15 bits per heavy atom. The number of allylic oxidation sites excluding steroid dienone is 2. The molecule has 0 saturated carbocycles. The molecule has 2 heterocycles. The second-order valence-electron chi connectivity index (χ2n) is 4.25. The largest absolute Gasteiger partial charge is 0.478 e. The van der Waals surface area contributed by atoms with E-state index < -0.39 is 5.97 Å². The average molecular weight is 275 g/mol. The van der Waals surface area contributed by atoms with Crippen molar-refractivity contribution in [3.8, 4) is 0 Å². The second kappa shape index (κ2) is 6.01. The Morgan fingerprint density at radius 2 is 1.75 bits per heavy atom. The van der Waals surface area contributed by atoms with Crippen LogP contribution >= 0.6 is 0 Å². The van der Waals surface area contributed by atoms with Crippen LogP contribution in [0.5, 0.6) is 0 Å². The number of amides is 2. The van der Waals surface area contributed by atoms with Gasteiger partial charge in [-0.2, -0.15) is 0 Å². The second-order valence-corrected chi connectivity index (χ2v) is 4.25. The molecular formula is C14H13NO5. The molecule has 1 aliphatic heterocycles. The minimum absolute atomic E-state index is 0.0449. The maximum atomic E-state index is 12.0. The zero-order chi connectivity index (χ0) is 14.5. The number of nitrogens with zero attached hydrogens (tertiary/aromatic N) is 1. The monoisotopic (exact) mass is 275 g/mol. The molecule has 0 bridgehead atoms. The number of rotatable bonds is 3. The van der Waals surface area contributed by atoms with Gasteiger partial charge in [-0.3, -0.25) is 14.5 Å². The summed E-state index contributed by atoms with van der Waals surface area (Å²) < 4.78 is 4.84. The van der Waals surface area contributed by atoms with Crippen LogP contribution in [-0.2, 0) is 16.1 Å². The summed E-state index contributed by atoms with van der Waals surface area (Å²) in [5.41, 5.74) is 0.253. The molecule has 0 aliphatic carbocycles. The third-order valence-electron chi connectivity index (χ3n) is 2.87. The lowest BCUT2D eigenvalue weighted by molar-refractivity contribution is -0.144. The Hall–Kier alpha value is -2.63. The lowest BCUT2D eigenvalue weighted by atomic mass is 10.1. The van der Waals surface area contributed by atoms with E-state index in [4.69, 9.17) is 9.52 Å². The van der Waals surface area contributed by atoms with Gasteiger partial charge in [0, 0.05) is 18.4 Å². The third-order valence-corrected chi connectivity index (χ3v) is 2.87. The van der Waals surface area contributed by atoms with Crippen molar-refractivity contribution in [2.75, 3.05) is 0 Å². The molecule has 0 spiro atoms. The van der Waals surface area contributed by atoms with Crippen LogP contribution in [0.4, 0.5) is 0 Å². The van der Waals surface area contributed by atoms with Crippen molar-refractivity contribution in [1.29, 1.82) is 0 Å². The zero-order valence-electron chi connectivity index (χ0n) is 10.6. The highest BCUT2D eigenvalue weighted by Gasteiger charge is 2.23. The van der Waals surface area contributed by atoms with Gasteiger partial charge in [0.05, 0.1) is 12.8 Å². The van der Waals surface area contributed by atoms with Gasteiger partial charge in [-0.25, -0.2) is 4.79 Å². The predicted octanol–water partition coefficient (Wildman–Crippen LogP) is 1.74. The molecule has 6 nitrogen and oxygen atoms in total. The van der Waals surface area contributed by atoms with Crippen LogP contribution in [0.2, 0.25) is 0 Å². The lowest BCUT2D eigenvalue weighted by Crippen LogP contribution is -2.35. The summed E-state index contributed by atoms with van der Waals surface area (Å²) in [6, 6.07) is 0. The van der Waals surface area contributed by atoms with E-state index in [1.807, 2.05) is 0 Å². The molecule has 1 aliphatic rings. The predicted molar refractivity (Wildman–Crippen MR) is 68.7 cm³/mol. The lowest BCUT2D eigenvalue weighted by Gasteiger charge is -2.19. The van der Waals surface area contributed by atoms with Crippen LogP contribution in [0, 0.1) is 0 Å². The summed E-state index contributed by atoms with van der Waals surface area (Å²) in [6.07, 6.45) is 9.22. The van der Waals surface area contributed by atoms with E-state index in [1.54, 1.807) is 24.3 Å². The van der Waals surface area contributed by atoms with Crippen molar-refractivity contribution >= 4 is 17.8 Å². The molecule has 0 radical (unpaired) electrons. The van der Waals surface area contributed by atoms with Crippen molar-refractivity contribution in [1.82, 2.24) is 4.90 Å². The number of imide groups is 1. The van der Waals surface area contributed by atoms with Crippen LogP contribution in [0.1, 0.15) is 28.8 Å². The molecule has 1 aromatic rings. The first-order valence-corrected chi connectivity index (χ1v) is 6.03. The topological polar surface area (TPSA) is 87.8 Å². The van der Waals surface area contributed by atoms with E-state index in [9.17, 15) is 14.4 Å². The van der Waals surface area contributed by atoms with Gasteiger partial charge in [0.25, 0.3) is 0 Å². The number of hydrogen-bond donors (Lipinski definition) is 1. The molecule has 0 atom stereocenters. The molecule has 2 amide bonds. The van der Waals surface area contributed by atoms with Crippen LogP contribution in [0.25, 0.3) is 0 Å². The first-order valence-electron chi connectivity index (χ1n) is 6.03. The highest BCUT2D eigenvalue weighted by molar-refractivity contribution is 5.97. The van der Waals surface area contributed by atoms with Crippen molar-refractivity contribution in [2.45, 2.75) is 19.4 Å². The SMILES string of the molecule is O=C(O)c1cocc1CN1C(=O)C/C=C\C=C/CC1=O. The van der Waals surface area contributed by atoms with Crippen molar-refractivity contribution in [3.05, 3.63) is 48.0 Å². The van der Waals surface area contributed by atoms with Gasteiger partial charge < -0.3 is 9.52 Å². The smallest absolute Gasteiger partial charge is 0.339 e. The molecule has 0 saturated heterocycles. The number of carboxylic acids is 1. The van der Waals surface area contributed by atoms with Gasteiger partial charge in [0.15, 0.2) is 0 Å². The Morgan fingerprint density at radius 3 is 2.30 bits per heavy atom. The van der Waals surface area contributed by atoms with Gasteiger partial charge in [-0.05, 0) is 0 Å². The molecule has 2 rings (SSSR count). The Bertz CT molecular complexity index is 570. The van der Waals surface area contributed by atoms with Gasteiger partial charge in [0.1, 0.15) is 11.8 Å². The standard InChI is InChI=1S/C14H13NO5/c16-12-5-3-1-2-4-6-13(17)15(12)7-10-8-20-9-11(10)14(18)19/h1-4,8-9H,5-7H2,(H,18,19)/b3-1-,4-2-. The number of carbonyl (C=O) groups is 3. The summed E-state index contributed by atoms with van der Waals surface area (Å²) in [5, 5.41) is 8.99. The Labute approximate surface area is 115 Å².